The average molecular weight is 248 g/mol. The van der Waals surface area contributed by atoms with E-state index in [0.29, 0.717) is 24.4 Å². The number of benzene rings is 1. The molecule has 0 saturated heterocycles. The van der Waals surface area contributed by atoms with Crippen LogP contribution in [-0.2, 0) is 11.2 Å². The molecule has 0 aromatic heterocycles. The summed E-state index contributed by atoms with van der Waals surface area (Å²) in [6.07, 6.45) is 3.33. The molecule has 0 bridgehead atoms. The number of nitrogen functional groups attached to an aromatic ring is 1. The predicted molar refractivity (Wildman–Crippen MR) is 71.0 cm³/mol. The maximum absolute atomic E-state index is 11.6. The number of carboxylic acid groups (broad SMARTS) is 1. The van der Waals surface area contributed by atoms with Gasteiger partial charge in [-0.25, -0.2) is 0 Å². The van der Waals surface area contributed by atoms with Crippen LogP contribution in [0.3, 0.4) is 0 Å². The highest BCUT2D eigenvalue weighted by molar-refractivity contribution is 5.76. The van der Waals surface area contributed by atoms with Crippen molar-refractivity contribution in [2.24, 2.45) is 17.1 Å². The standard InChI is InChI=1S/C14H20N2O2/c15-9-14(13(17)18,7-10-5-6-10)8-11-3-1-2-4-12(11)16/h1-4,10H,5-9,15-16H2,(H,17,18). The zero-order valence-electron chi connectivity index (χ0n) is 10.4. The zero-order chi connectivity index (χ0) is 13.2. The summed E-state index contributed by atoms with van der Waals surface area (Å²) < 4.78 is 0. The lowest BCUT2D eigenvalue weighted by Gasteiger charge is -2.28. The molecular formula is C14H20N2O2. The van der Waals surface area contributed by atoms with Gasteiger partial charge in [-0.05, 0) is 30.4 Å². The van der Waals surface area contributed by atoms with E-state index in [0.717, 1.165) is 18.4 Å². The van der Waals surface area contributed by atoms with E-state index in [-0.39, 0.29) is 6.54 Å². The molecule has 18 heavy (non-hydrogen) atoms. The molecule has 0 amide bonds. The quantitative estimate of drug-likeness (QED) is 0.668. The maximum atomic E-state index is 11.6. The second-order valence-electron chi connectivity index (χ2n) is 5.31. The second-order valence-corrected chi connectivity index (χ2v) is 5.31. The van der Waals surface area contributed by atoms with Gasteiger partial charge in [0, 0.05) is 12.2 Å². The summed E-state index contributed by atoms with van der Waals surface area (Å²) in [7, 11) is 0. The highest BCUT2D eigenvalue weighted by Gasteiger charge is 2.42. The number of carbonyl (C=O) groups is 1. The van der Waals surface area contributed by atoms with Gasteiger partial charge in [0.2, 0.25) is 0 Å². The first-order chi connectivity index (χ1) is 8.57. The van der Waals surface area contributed by atoms with E-state index in [4.69, 9.17) is 11.5 Å². The first-order valence-electron chi connectivity index (χ1n) is 6.34. The minimum atomic E-state index is -0.864. The van der Waals surface area contributed by atoms with E-state index in [2.05, 4.69) is 0 Å². The highest BCUT2D eigenvalue weighted by Crippen LogP contribution is 2.42. The van der Waals surface area contributed by atoms with Crippen LogP contribution in [0.1, 0.15) is 24.8 Å². The number of hydrogen-bond acceptors (Lipinski definition) is 3. The maximum Gasteiger partial charge on any atom is 0.311 e. The molecule has 98 valence electrons. The number of carboxylic acids is 1. The van der Waals surface area contributed by atoms with Gasteiger partial charge in [-0.1, -0.05) is 31.0 Å². The molecule has 1 unspecified atom stereocenters. The van der Waals surface area contributed by atoms with Crippen LogP contribution in [0.5, 0.6) is 0 Å². The molecular weight excluding hydrogens is 228 g/mol. The molecule has 0 spiro atoms. The zero-order valence-corrected chi connectivity index (χ0v) is 10.4. The molecule has 4 nitrogen and oxygen atoms in total. The summed E-state index contributed by atoms with van der Waals surface area (Å²) in [5.41, 5.74) is 12.3. The van der Waals surface area contributed by atoms with Crippen LogP contribution < -0.4 is 11.5 Å². The molecule has 1 aromatic rings. The Morgan fingerprint density at radius 1 is 1.39 bits per heavy atom. The number of nitrogens with two attached hydrogens (primary N) is 2. The third-order valence-corrected chi connectivity index (χ3v) is 3.80. The van der Waals surface area contributed by atoms with Crippen LogP contribution >= 0.6 is 0 Å². The Morgan fingerprint density at radius 2 is 2.06 bits per heavy atom. The largest absolute Gasteiger partial charge is 0.481 e. The first kappa shape index (κ1) is 12.9. The number of rotatable bonds is 6. The van der Waals surface area contributed by atoms with Gasteiger partial charge in [0.05, 0.1) is 5.41 Å². The van der Waals surface area contributed by atoms with Crippen LogP contribution in [0.15, 0.2) is 24.3 Å². The van der Waals surface area contributed by atoms with Crippen LogP contribution in [0.25, 0.3) is 0 Å². The fourth-order valence-corrected chi connectivity index (χ4v) is 2.41. The lowest BCUT2D eigenvalue weighted by molar-refractivity contribution is -0.149. The fraction of sp³-hybridized carbons (Fsp3) is 0.500. The van der Waals surface area contributed by atoms with Crippen molar-refractivity contribution in [1.29, 1.82) is 0 Å². The van der Waals surface area contributed by atoms with Crippen LogP contribution in [0, 0.1) is 11.3 Å². The van der Waals surface area contributed by atoms with Crippen molar-refractivity contribution < 1.29 is 9.90 Å². The van der Waals surface area contributed by atoms with E-state index in [1.165, 1.54) is 0 Å². The van der Waals surface area contributed by atoms with Gasteiger partial charge in [-0.2, -0.15) is 0 Å². The summed E-state index contributed by atoms with van der Waals surface area (Å²) >= 11 is 0. The fourth-order valence-electron chi connectivity index (χ4n) is 2.41. The van der Waals surface area contributed by atoms with Gasteiger partial charge in [0.25, 0.3) is 0 Å². The highest BCUT2D eigenvalue weighted by atomic mass is 16.4. The van der Waals surface area contributed by atoms with Crippen molar-refractivity contribution in [2.45, 2.75) is 25.7 Å². The molecule has 1 aromatic carbocycles. The molecule has 1 atom stereocenters. The third-order valence-electron chi connectivity index (χ3n) is 3.80. The molecule has 1 fully saturated rings. The van der Waals surface area contributed by atoms with Crippen molar-refractivity contribution >= 4 is 11.7 Å². The van der Waals surface area contributed by atoms with E-state index in [9.17, 15) is 9.90 Å². The Kier molecular flexibility index (Phi) is 3.57. The van der Waals surface area contributed by atoms with E-state index in [1.54, 1.807) is 6.07 Å². The Labute approximate surface area is 107 Å². The van der Waals surface area contributed by atoms with Crippen LogP contribution in [0.2, 0.25) is 0 Å². The average Bonchev–Trinajstić information content (AvgIpc) is 3.14. The minimum Gasteiger partial charge on any atom is -0.481 e. The number of para-hydroxylation sites is 1. The number of hydrogen-bond donors (Lipinski definition) is 3. The van der Waals surface area contributed by atoms with Crippen molar-refractivity contribution in [2.75, 3.05) is 12.3 Å². The van der Waals surface area contributed by atoms with E-state index < -0.39 is 11.4 Å². The summed E-state index contributed by atoms with van der Waals surface area (Å²) in [5, 5.41) is 9.53. The van der Waals surface area contributed by atoms with Crippen LogP contribution in [0.4, 0.5) is 5.69 Å². The van der Waals surface area contributed by atoms with Gasteiger partial charge in [-0.3, -0.25) is 4.79 Å². The summed E-state index contributed by atoms with van der Waals surface area (Å²) in [6.45, 7) is 0.160. The SMILES string of the molecule is NCC(Cc1ccccc1N)(CC1CC1)C(=O)O. The van der Waals surface area contributed by atoms with Gasteiger partial charge in [-0.15, -0.1) is 0 Å². The van der Waals surface area contributed by atoms with Gasteiger partial charge >= 0.3 is 5.97 Å². The molecule has 2 rings (SSSR count). The monoisotopic (exact) mass is 248 g/mol. The van der Waals surface area contributed by atoms with E-state index in [1.807, 2.05) is 18.2 Å². The smallest absolute Gasteiger partial charge is 0.311 e. The summed E-state index contributed by atoms with van der Waals surface area (Å²) in [5.74, 6) is -0.283. The Morgan fingerprint density at radius 3 is 2.56 bits per heavy atom. The minimum absolute atomic E-state index is 0.160. The number of aliphatic carboxylic acids is 1. The van der Waals surface area contributed by atoms with Gasteiger partial charge in [0.15, 0.2) is 0 Å². The molecule has 1 aliphatic carbocycles. The van der Waals surface area contributed by atoms with Gasteiger partial charge in [0.1, 0.15) is 0 Å². The van der Waals surface area contributed by atoms with Crippen LogP contribution in [-0.4, -0.2) is 17.6 Å². The van der Waals surface area contributed by atoms with Crippen molar-refractivity contribution in [3.05, 3.63) is 29.8 Å². The summed E-state index contributed by atoms with van der Waals surface area (Å²) in [4.78, 5) is 11.6. The van der Waals surface area contributed by atoms with Crippen molar-refractivity contribution in [1.82, 2.24) is 0 Å². The lowest BCUT2D eigenvalue weighted by atomic mass is 9.77. The van der Waals surface area contributed by atoms with E-state index >= 15 is 0 Å². The molecule has 1 saturated carbocycles. The molecule has 0 heterocycles. The lowest BCUT2D eigenvalue weighted by Crippen LogP contribution is -2.41. The molecule has 4 heteroatoms. The Hall–Kier alpha value is -1.55. The Bertz CT molecular complexity index is 443. The van der Waals surface area contributed by atoms with Gasteiger partial charge < -0.3 is 16.6 Å². The van der Waals surface area contributed by atoms with Crippen molar-refractivity contribution in [3.8, 4) is 0 Å². The second kappa shape index (κ2) is 4.98. The first-order valence-corrected chi connectivity index (χ1v) is 6.34. The normalized spacial score (nSPS) is 18.3. The Balaban J connectivity index is 2.23. The molecule has 1 aliphatic rings. The van der Waals surface area contributed by atoms with Crippen molar-refractivity contribution in [3.63, 3.8) is 0 Å². The molecule has 5 N–H and O–H groups in total. The third kappa shape index (κ3) is 2.64. The molecule has 0 aliphatic heterocycles. The topological polar surface area (TPSA) is 89.3 Å². The predicted octanol–water partition coefficient (Wildman–Crippen LogP) is 1.64. The molecule has 0 radical (unpaired) electrons. The number of anilines is 1. The summed E-state index contributed by atoms with van der Waals surface area (Å²) in [6, 6.07) is 7.42.